The molecule has 0 aromatic rings. The minimum atomic E-state index is -1.32. The van der Waals surface area contributed by atoms with Crippen LogP contribution in [0.15, 0.2) is 0 Å². The monoisotopic (exact) mass is 429 g/mol. The minimum absolute atomic E-state index is 0.00984. The van der Waals surface area contributed by atoms with Crippen molar-refractivity contribution in [2.75, 3.05) is 6.54 Å². The van der Waals surface area contributed by atoms with Crippen LogP contribution in [0, 0.1) is 11.8 Å². The molecular formula is C19H35N5O6. The molecule has 0 aliphatic rings. The Balaban J connectivity index is 5.41. The van der Waals surface area contributed by atoms with Crippen LogP contribution in [0.2, 0.25) is 0 Å². The van der Waals surface area contributed by atoms with Crippen molar-refractivity contribution < 1.29 is 29.1 Å². The number of hydrogen-bond donors (Lipinski definition) is 6. The van der Waals surface area contributed by atoms with E-state index >= 15 is 0 Å². The first kappa shape index (κ1) is 27.3. The summed E-state index contributed by atoms with van der Waals surface area (Å²) in [5, 5.41) is 16.8. The van der Waals surface area contributed by atoms with Crippen LogP contribution >= 0.6 is 0 Å². The molecule has 0 radical (unpaired) electrons. The fourth-order valence-electron chi connectivity index (χ4n) is 2.71. The Morgan fingerprint density at radius 3 is 1.93 bits per heavy atom. The van der Waals surface area contributed by atoms with Gasteiger partial charge >= 0.3 is 5.97 Å². The Bertz CT molecular complexity index is 625. The third-order valence-corrected chi connectivity index (χ3v) is 4.63. The number of carbonyl (C=O) groups excluding carboxylic acids is 4. The maximum atomic E-state index is 12.8. The summed E-state index contributed by atoms with van der Waals surface area (Å²) < 4.78 is 0. The summed E-state index contributed by atoms with van der Waals surface area (Å²) in [5.41, 5.74) is 10.4. The Kier molecular flexibility index (Phi) is 12.3. The van der Waals surface area contributed by atoms with Crippen molar-refractivity contribution in [3.63, 3.8) is 0 Å². The number of carbonyl (C=O) groups is 5. The minimum Gasteiger partial charge on any atom is -0.480 e. The molecule has 4 amide bonds. The van der Waals surface area contributed by atoms with E-state index in [1.807, 2.05) is 20.8 Å². The molecule has 0 heterocycles. The second-order valence-corrected chi connectivity index (χ2v) is 7.73. The van der Waals surface area contributed by atoms with Crippen molar-refractivity contribution >= 4 is 29.6 Å². The smallest absolute Gasteiger partial charge is 0.326 e. The van der Waals surface area contributed by atoms with Crippen molar-refractivity contribution in [3.8, 4) is 0 Å². The topological polar surface area (TPSA) is 194 Å². The van der Waals surface area contributed by atoms with E-state index in [2.05, 4.69) is 16.0 Å². The van der Waals surface area contributed by atoms with E-state index in [0.717, 1.165) is 0 Å². The molecule has 4 atom stereocenters. The van der Waals surface area contributed by atoms with Crippen LogP contribution in [0.4, 0.5) is 0 Å². The molecule has 30 heavy (non-hydrogen) atoms. The van der Waals surface area contributed by atoms with Crippen molar-refractivity contribution in [1.82, 2.24) is 16.0 Å². The summed E-state index contributed by atoms with van der Waals surface area (Å²) in [6, 6.07) is -3.23. The summed E-state index contributed by atoms with van der Waals surface area (Å²) >= 11 is 0. The van der Waals surface area contributed by atoms with Gasteiger partial charge in [0.15, 0.2) is 0 Å². The molecule has 172 valence electrons. The Hall–Kier alpha value is -2.69. The maximum absolute atomic E-state index is 12.8. The SMILES string of the molecule is CCC(C)C(NC(=O)CN)C(=O)NC(CC(C)C)C(=O)NC(CCC(N)=O)C(=O)O. The number of carboxylic acids is 1. The van der Waals surface area contributed by atoms with Gasteiger partial charge in [0.1, 0.15) is 18.1 Å². The lowest BCUT2D eigenvalue weighted by Crippen LogP contribution is -2.57. The molecule has 0 aliphatic carbocycles. The molecule has 4 unspecified atom stereocenters. The zero-order chi connectivity index (χ0) is 23.4. The van der Waals surface area contributed by atoms with Gasteiger partial charge in [0.2, 0.25) is 23.6 Å². The van der Waals surface area contributed by atoms with Gasteiger partial charge in [-0.25, -0.2) is 4.79 Å². The molecule has 0 spiro atoms. The van der Waals surface area contributed by atoms with E-state index < -0.39 is 47.7 Å². The predicted octanol–water partition coefficient (Wildman–Crippen LogP) is -1.16. The number of rotatable bonds is 14. The van der Waals surface area contributed by atoms with Gasteiger partial charge in [-0.1, -0.05) is 34.1 Å². The van der Waals surface area contributed by atoms with Crippen molar-refractivity contribution in [3.05, 3.63) is 0 Å². The molecule has 0 saturated heterocycles. The molecule has 0 fully saturated rings. The van der Waals surface area contributed by atoms with Crippen LogP contribution < -0.4 is 27.4 Å². The quantitative estimate of drug-likeness (QED) is 0.200. The van der Waals surface area contributed by atoms with Crippen molar-refractivity contribution in [2.24, 2.45) is 23.3 Å². The highest BCUT2D eigenvalue weighted by Gasteiger charge is 2.31. The molecule has 0 aromatic heterocycles. The van der Waals surface area contributed by atoms with E-state index in [0.29, 0.717) is 6.42 Å². The first-order chi connectivity index (χ1) is 13.9. The molecule has 0 aromatic carbocycles. The van der Waals surface area contributed by atoms with Crippen molar-refractivity contribution in [1.29, 1.82) is 0 Å². The molecule has 0 rings (SSSR count). The van der Waals surface area contributed by atoms with Crippen LogP contribution in [0.5, 0.6) is 0 Å². The summed E-state index contributed by atoms with van der Waals surface area (Å²) in [7, 11) is 0. The van der Waals surface area contributed by atoms with Gasteiger partial charge in [-0.3, -0.25) is 19.2 Å². The average molecular weight is 430 g/mol. The number of carboxylic acid groups (broad SMARTS) is 1. The third-order valence-electron chi connectivity index (χ3n) is 4.63. The molecule has 0 bridgehead atoms. The number of primary amides is 1. The van der Waals surface area contributed by atoms with Gasteiger partial charge < -0.3 is 32.5 Å². The number of nitrogens with two attached hydrogens (primary N) is 2. The molecule has 0 saturated carbocycles. The van der Waals surface area contributed by atoms with Crippen LogP contribution in [0.25, 0.3) is 0 Å². The fraction of sp³-hybridized carbons (Fsp3) is 0.737. The standard InChI is InChI=1S/C19H35N5O6/c1-5-11(4)16(24-15(26)9-20)18(28)23-13(8-10(2)3)17(27)22-12(19(29)30)6-7-14(21)25/h10-13,16H,5-9,20H2,1-4H3,(H2,21,25)(H,22,27)(H,23,28)(H,24,26)(H,29,30). The Morgan fingerprint density at radius 2 is 1.50 bits per heavy atom. The Morgan fingerprint density at radius 1 is 0.933 bits per heavy atom. The van der Waals surface area contributed by atoms with Gasteiger partial charge in [0.25, 0.3) is 0 Å². The molecular weight excluding hydrogens is 394 g/mol. The lowest BCUT2D eigenvalue weighted by Gasteiger charge is -2.27. The van der Waals surface area contributed by atoms with Crippen LogP contribution in [-0.4, -0.2) is 59.4 Å². The zero-order valence-electron chi connectivity index (χ0n) is 18.1. The third kappa shape index (κ3) is 10.2. The summed E-state index contributed by atoms with van der Waals surface area (Å²) in [4.78, 5) is 59.5. The van der Waals surface area contributed by atoms with E-state index in [9.17, 15) is 29.1 Å². The highest BCUT2D eigenvalue weighted by atomic mass is 16.4. The highest BCUT2D eigenvalue weighted by Crippen LogP contribution is 2.11. The molecule has 8 N–H and O–H groups in total. The largest absolute Gasteiger partial charge is 0.480 e. The summed E-state index contributed by atoms with van der Waals surface area (Å²) in [6.07, 6.45) is 0.469. The first-order valence-electron chi connectivity index (χ1n) is 10.0. The lowest BCUT2D eigenvalue weighted by atomic mass is 9.96. The predicted molar refractivity (Wildman–Crippen MR) is 110 cm³/mol. The van der Waals surface area contributed by atoms with E-state index in [1.54, 1.807) is 6.92 Å². The van der Waals surface area contributed by atoms with Gasteiger partial charge in [0.05, 0.1) is 6.54 Å². The average Bonchev–Trinajstić information content (AvgIpc) is 2.66. The van der Waals surface area contributed by atoms with Crippen molar-refractivity contribution in [2.45, 2.75) is 71.5 Å². The number of hydrogen-bond acceptors (Lipinski definition) is 6. The van der Waals surface area contributed by atoms with Crippen LogP contribution in [-0.2, 0) is 24.0 Å². The molecule has 0 aliphatic heterocycles. The van der Waals surface area contributed by atoms with E-state index in [-0.39, 0.29) is 37.6 Å². The summed E-state index contributed by atoms with van der Waals surface area (Å²) in [6.45, 7) is 7.04. The van der Waals surface area contributed by atoms with E-state index in [1.165, 1.54) is 0 Å². The first-order valence-corrected chi connectivity index (χ1v) is 10.0. The maximum Gasteiger partial charge on any atom is 0.326 e. The highest BCUT2D eigenvalue weighted by molar-refractivity contribution is 5.93. The number of amides is 4. The van der Waals surface area contributed by atoms with E-state index in [4.69, 9.17) is 11.5 Å². The van der Waals surface area contributed by atoms with Gasteiger partial charge in [-0.05, 0) is 24.7 Å². The van der Waals surface area contributed by atoms with Crippen LogP contribution in [0.3, 0.4) is 0 Å². The fourth-order valence-corrected chi connectivity index (χ4v) is 2.71. The Labute approximate surface area is 176 Å². The normalized spacial score (nSPS) is 14.9. The van der Waals surface area contributed by atoms with Gasteiger partial charge in [-0.2, -0.15) is 0 Å². The lowest BCUT2D eigenvalue weighted by molar-refractivity contribution is -0.142. The second-order valence-electron chi connectivity index (χ2n) is 7.73. The molecule has 11 heteroatoms. The van der Waals surface area contributed by atoms with Gasteiger partial charge in [0, 0.05) is 6.42 Å². The summed E-state index contributed by atoms with van der Waals surface area (Å²) in [5.74, 6) is -3.96. The van der Waals surface area contributed by atoms with Crippen LogP contribution in [0.1, 0.15) is 53.4 Å². The number of nitrogens with one attached hydrogen (secondary N) is 3. The molecule has 11 nitrogen and oxygen atoms in total. The zero-order valence-corrected chi connectivity index (χ0v) is 18.1. The number of aliphatic carboxylic acids is 1. The van der Waals surface area contributed by atoms with Gasteiger partial charge in [-0.15, -0.1) is 0 Å². The second kappa shape index (κ2) is 13.5.